The number of rotatable bonds is 2. The summed E-state index contributed by atoms with van der Waals surface area (Å²) < 4.78 is 5.69. The summed E-state index contributed by atoms with van der Waals surface area (Å²) in [5, 5.41) is 4.16. The van der Waals surface area contributed by atoms with Gasteiger partial charge in [0.2, 0.25) is 0 Å². The van der Waals surface area contributed by atoms with Crippen LogP contribution in [-0.2, 0) is 4.74 Å². The van der Waals surface area contributed by atoms with E-state index in [2.05, 4.69) is 19.2 Å². The van der Waals surface area contributed by atoms with Gasteiger partial charge in [-0.05, 0) is 44.9 Å². The number of hydrogen-bond donors (Lipinski definition) is 2. The predicted octanol–water partition coefficient (Wildman–Crippen LogP) is 3.29. The fourth-order valence-corrected chi connectivity index (χ4v) is 2.40. The molecule has 0 aliphatic carbocycles. The summed E-state index contributed by atoms with van der Waals surface area (Å²) in [6.07, 6.45) is 1.97. The van der Waals surface area contributed by atoms with Crippen molar-refractivity contribution in [2.45, 2.75) is 38.3 Å². The zero-order valence-electron chi connectivity index (χ0n) is 10.3. The molecule has 0 amide bonds. The van der Waals surface area contributed by atoms with Crippen LogP contribution in [-0.4, -0.2) is 18.2 Å². The van der Waals surface area contributed by atoms with Gasteiger partial charge >= 0.3 is 0 Å². The van der Waals surface area contributed by atoms with Crippen LogP contribution < -0.4 is 11.1 Å². The van der Waals surface area contributed by atoms with Gasteiger partial charge in [0.1, 0.15) is 0 Å². The first-order chi connectivity index (χ1) is 7.96. The molecule has 1 saturated heterocycles. The number of nitrogens with two attached hydrogens (primary N) is 1. The summed E-state index contributed by atoms with van der Waals surface area (Å²) >= 11 is 5.97. The number of halogens is 1. The van der Waals surface area contributed by atoms with E-state index in [0.717, 1.165) is 30.8 Å². The van der Waals surface area contributed by atoms with Crippen LogP contribution in [0.5, 0.6) is 0 Å². The van der Waals surface area contributed by atoms with Gasteiger partial charge in [0.05, 0.1) is 17.0 Å². The van der Waals surface area contributed by atoms with Crippen molar-refractivity contribution in [3.8, 4) is 0 Å². The van der Waals surface area contributed by atoms with Gasteiger partial charge in [0.25, 0.3) is 0 Å². The second-order valence-corrected chi connectivity index (χ2v) is 5.61. The average Bonchev–Trinajstić information content (AvgIpc) is 2.22. The summed E-state index contributed by atoms with van der Waals surface area (Å²) in [5.74, 6) is 0. The molecule has 17 heavy (non-hydrogen) atoms. The molecule has 1 aromatic carbocycles. The van der Waals surface area contributed by atoms with E-state index < -0.39 is 0 Å². The molecule has 1 unspecified atom stereocenters. The minimum atomic E-state index is -0.0662. The molecule has 94 valence electrons. The molecule has 1 aliphatic heterocycles. The maximum Gasteiger partial charge on any atom is 0.0646 e. The van der Waals surface area contributed by atoms with E-state index in [1.54, 1.807) is 6.07 Å². The Balaban J connectivity index is 2.07. The molecule has 0 aromatic heterocycles. The smallest absolute Gasteiger partial charge is 0.0646 e. The Morgan fingerprint density at radius 2 is 2.24 bits per heavy atom. The molecule has 0 radical (unpaired) electrons. The van der Waals surface area contributed by atoms with E-state index in [1.807, 2.05) is 12.1 Å². The molecule has 2 rings (SSSR count). The van der Waals surface area contributed by atoms with E-state index in [-0.39, 0.29) is 5.60 Å². The van der Waals surface area contributed by atoms with Crippen LogP contribution in [0, 0.1) is 0 Å². The largest absolute Gasteiger partial charge is 0.397 e. The Morgan fingerprint density at radius 1 is 1.47 bits per heavy atom. The van der Waals surface area contributed by atoms with Crippen LogP contribution in [0.4, 0.5) is 11.4 Å². The summed E-state index contributed by atoms with van der Waals surface area (Å²) in [5.41, 5.74) is 7.51. The number of benzene rings is 1. The van der Waals surface area contributed by atoms with Crippen LogP contribution in [0.25, 0.3) is 0 Å². The average molecular weight is 255 g/mol. The van der Waals surface area contributed by atoms with Gasteiger partial charge < -0.3 is 15.8 Å². The predicted molar refractivity (Wildman–Crippen MR) is 72.5 cm³/mol. The third-order valence-electron chi connectivity index (χ3n) is 3.07. The monoisotopic (exact) mass is 254 g/mol. The van der Waals surface area contributed by atoms with Gasteiger partial charge in [-0.15, -0.1) is 0 Å². The van der Waals surface area contributed by atoms with E-state index in [1.165, 1.54) is 0 Å². The fourth-order valence-electron chi connectivity index (χ4n) is 2.23. The molecule has 3 N–H and O–H groups in total. The van der Waals surface area contributed by atoms with Crippen LogP contribution in [0.2, 0.25) is 5.02 Å². The Labute approximate surface area is 107 Å². The number of nitrogens with one attached hydrogen (secondary N) is 1. The maximum absolute atomic E-state index is 5.97. The number of ether oxygens (including phenoxy) is 1. The van der Waals surface area contributed by atoms with Crippen LogP contribution in [0.3, 0.4) is 0 Å². The number of anilines is 2. The molecule has 0 spiro atoms. The minimum Gasteiger partial charge on any atom is -0.397 e. The van der Waals surface area contributed by atoms with Gasteiger partial charge in [0.15, 0.2) is 0 Å². The first-order valence-corrected chi connectivity index (χ1v) is 6.30. The van der Waals surface area contributed by atoms with Crippen molar-refractivity contribution >= 4 is 23.0 Å². The minimum absolute atomic E-state index is 0.0662. The van der Waals surface area contributed by atoms with Gasteiger partial charge in [-0.2, -0.15) is 0 Å². The highest BCUT2D eigenvalue weighted by atomic mass is 35.5. The third-order valence-corrected chi connectivity index (χ3v) is 3.31. The standard InChI is InChI=1S/C13H19ClN2O/c1-13(2)8-10(5-6-17-13)16-12-7-9(14)3-4-11(12)15/h3-4,7,10,16H,5-6,8,15H2,1-2H3. The lowest BCUT2D eigenvalue weighted by Gasteiger charge is -2.36. The first kappa shape index (κ1) is 12.5. The van der Waals surface area contributed by atoms with E-state index >= 15 is 0 Å². The molecule has 1 aromatic rings. The second kappa shape index (κ2) is 4.75. The van der Waals surface area contributed by atoms with Gasteiger partial charge in [-0.3, -0.25) is 0 Å². The van der Waals surface area contributed by atoms with Crippen LogP contribution in [0.15, 0.2) is 18.2 Å². The first-order valence-electron chi connectivity index (χ1n) is 5.92. The van der Waals surface area contributed by atoms with Crippen molar-refractivity contribution in [2.24, 2.45) is 0 Å². The van der Waals surface area contributed by atoms with Crippen molar-refractivity contribution in [3.05, 3.63) is 23.2 Å². The van der Waals surface area contributed by atoms with Crippen molar-refractivity contribution in [1.82, 2.24) is 0 Å². The normalized spacial score (nSPS) is 23.4. The molecule has 1 fully saturated rings. The molecule has 4 heteroatoms. The molecule has 0 saturated carbocycles. The lowest BCUT2D eigenvalue weighted by molar-refractivity contribution is -0.0553. The second-order valence-electron chi connectivity index (χ2n) is 5.17. The number of hydrogen-bond acceptors (Lipinski definition) is 3. The molecular weight excluding hydrogens is 236 g/mol. The topological polar surface area (TPSA) is 47.3 Å². The van der Waals surface area contributed by atoms with Crippen molar-refractivity contribution in [2.75, 3.05) is 17.7 Å². The van der Waals surface area contributed by atoms with Crippen LogP contribution >= 0.6 is 11.6 Å². The highest BCUT2D eigenvalue weighted by Crippen LogP contribution is 2.29. The quantitative estimate of drug-likeness (QED) is 0.797. The highest BCUT2D eigenvalue weighted by Gasteiger charge is 2.28. The highest BCUT2D eigenvalue weighted by molar-refractivity contribution is 6.31. The molecule has 0 bridgehead atoms. The van der Waals surface area contributed by atoms with Crippen molar-refractivity contribution in [3.63, 3.8) is 0 Å². The Kier molecular flexibility index (Phi) is 3.50. The van der Waals surface area contributed by atoms with E-state index in [4.69, 9.17) is 22.1 Å². The van der Waals surface area contributed by atoms with Gasteiger partial charge in [-0.1, -0.05) is 11.6 Å². The van der Waals surface area contributed by atoms with Gasteiger partial charge in [-0.25, -0.2) is 0 Å². The summed E-state index contributed by atoms with van der Waals surface area (Å²) in [6.45, 7) is 5.01. The zero-order valence-corrected chi connectivity index (χ0v) is 11.1. The lowest BCUT2D eigenvalue weighted by atomic mass is 9.94. The summed E-state index contributed by atoms with van der Waals surface area (Å²) in [6, 6.07) is 5.89. The van der Waals surface area contributed by atoms with Crippen LogP contribution in [0.1, 0.15) is 26.7 Å². The Hall–Kier alpha value is -0.930. The lowest BCUT2D eigenvalue weighted by Crippen LogP contribution is -2.40. The van der Waals surface area contributed by atoms with Gasteiger partial charge in [0, 0.05) is 17.7 Å². The molecule has 1 aliphatic rings. The zero-order chi connectivity index (χ0) is 12.5. The summed E-state index contributed by atoms with van der Waals surface area (Å²) in [7, 11) is 0. The van der Waals surface area contributed by atoms with Crippen molar-refractivity contribution < 1.29 is 4.74 Å². The molecular formula is C13H19ClN2O. The number of nitrogen functional groups attached to an aromatic ring is 1. The molecule has 1 heterocycles. The SMILES string of the molecule is CC1(C)CC(Nc2cc(Cl)ccc2N)CCO1. The van der Waals surface area contributed by atoms with Crippen molar-refractivity contribution in [1.29, 1.82) is 0 Å². The molecule has 1 atom stereocenters. The molecule has 3 nitrogen and oxygen atoms in total. The Morgan fingerprint density at radius 3 is 2.94 bits per heavy atom. The van der Waals surface area contributed by atoms with E-state index in [0.29, 0.717) is 11.1 Å². The fraction of sp³-hybridized carbons (Fsp3) is 0.538. The maximum atomic E-state index is 5.97. The third kappa shape index (κ3) is 3.27. The van der Waals surface area contributed by atoms with E-state index in [9.17, 15) is 0 Å². The summed E-state index contributed by atoms with van der Waals surface area (Å²) in [4.78, 5) is 0. The Bertz CT molecular complexity index is 406.